The number of phenolic OH excluding ortho intramolecular Hbond substituents is 1. The van der Waals surface area contributed by atoms with Crippen LogP contribution in [0.2, 0.25) is 0 Å². The van der Waals surface area contributed by atoms with E-state index in [-0.39, 0.29) is 5.75 Å². The van der Waals surface area contributed by atoms with Gasteiger partial charge in [0.05, 0.1) is 25.1 Å². The fourth-order valence-corrected chi connectivity index (χ4v) is 2.86. The lowest BCUT2D eigenvalue weighted by molar-refractivity contribution is 0.122. The minimum Gasteiger partial charge on any atom is -0.508 e. The van der Waals surface area contributed by atoms with Crippen molar-refractivity contribution in [2.24, 2.45) is 0 Å². The molecule has 0 aliphatic carbocycles. The fourth-order valence-electron chi connectivity index (χ4n) is 2.86. The third kappa shape index (κ3) is 2.67. The zero-order chi connectivity index (χ0) is 16.5. The number of rotatable bonds is 3. The highest BCUT2D eigenvalue weighted by Gasteiger charge is 2.20. The van der Waals surface area contributed by atoms with Gasteiger partial charge in [0.25, 0.3) is 0 Å². The number of aryl methyl sites for hydroxylation is 1. The maximum Gasteiger partial charge on any atom is 0.198 e. The van der Waals surface area contributed by atoms with Gasteiger partial charge in [-0.05, 0) is 12.1 Å². The molecule has 1 N–H and O–H groups in total. The van der Waals surface area contributed by atoms with Crippen LogP contribution in [0.5, 0.6) is 5.75 Å². The van der Waals surface area contributed by atoms with E-state index in [0.717, 1.165) is 48.1 Å². The number of aromatic nitrogens is 4. The molecule has 1 aliphatic heterocycles. The van der Waals surface area contributed by atoms with Gasteiger partial charge < -0.3 is 14.7 Å². The maximum absolute atomic E-state index is 9.76. The van der Waals surface area contributed by atoms with Gasteiger partial charge in [-0.1, -0.05) is 19.1 Å². The summed E-state index contributed by atoms with van der Waals surface area (Å²) in [5.41, 5.74) is 2.37. The molecule has 0 unspecified atom stereocenters. The number of benzene rings is 1. The van der Waals surface area contributed by atoms with Crippen LogP contribution in [0.4, 0.5) is 5.82 Å². The highest BCUT2D eigenvalue weighted by molar-refractivity contribution is 5.70. The van der Waals surface area contributed by atoms with E-state index in [9.17, 15) is 5.11 Å². The van der Waals surface area contributed by atoms with Crippen molar-refractivity contribution in [3.05, 3.63) is 36.3 Å². The van der Waals surface area contributed by atoms with E-state index < -0.39 is 0 Å². The maximum atomic E-state index is 9.76. The predicted molar refractivity (Wildman–Crippen MR) is 90.3 cm³/mol. The number of hydrogen-bond acceptors (Lipinski definition) is 6. The molecule has 7 nitrogen and oxygen atoms in total. The summed E-state index contributed by atoms with van der Waals surface area (Å²) in [6.45, 7) is 4.95. The van der Waals surface area contributed by atoms with E-state index in [0.29, 0.717) is 13.2 Å². The highest BCUT2D eigenvalue weighted by Crippen LogP contribution is 2.26. The van der Waals surface area contributed by atoms with Gasteiger partial charge in [0.2, 0.25) is 0 Å². The summed E-state index contributed by atoms with van der Waals surface area (Å²) in [6, 6.07) is 7.09. The molecule has 1 aromatic carbocycles. The number of ether oxygens (including phenoxy) is 1. The first-order valence-electron chi connectivity index (χ1n) is 8.13. The molecule has 0 spiro atoms. The predicted octanol–water partition coefficient (Wildman–Crippen LogP) is 1.90. The van der Waals surface area contributed by atoms with Crippen LogP contribution in [-0.4, -0.2) is 51.0 Å². The molecule has 4 rings (SSSR count). The molecular formula is C17H19N5O2. The first-order valence-corrected chi connectivity index (χ1v) is 8.13. The van der Waals surface area contributed by atoms with E-state index in [4.69, 9.17) is 9.72 Å². The summed E-state index contributed by atoms with van der Waals surface area (Å²) in [5.74, 6) is 1.82. The summed E-state index contributed by atoms with van der Waals surface area (Å²) in [4.78, 5) is 11.6. The Kier molecular flexibility index (Phi) is 3.78. The number of hydrogen-bond donors (Lipinski definition) is 1. The van der Waals surface area contributed by atoms with Gasteiger partial charge in [0, 0.05) is 25.1 Å². The van der Waals surface area contributed by atoms with E-state index in [1.807, 2.05) is 25.3 Å². The largest absolute Gasteiger partial charge is 0.508 e. The summed E-state index contributed by atoms with van der Waals surface area (Å²) < 4.78 is 7.23. The van der Waals surface area contributed by atoms with Crippen LogP contribution in [-0.2, 0) is 11.2 Å². The normalized spacial score (nSPS) is 15.1. The Bertz CT molecular complexity index is 871. The summed E-state index contributed by atoms with van der Waals surface area (Å²) in [5, 5.41) is 14.3. The van der Waals surface area contributed by atoms with Crippen molar-refractivity contribution in [2.45, 2.75) is 13.3 Å². The number of nitrogens with zero attached hydrogens (tertiary/aromatic N) is 5. The van der Waals surface area contributed by atoms with Crippen LogP contribution in [0.3, 0.4) is 0 Å². The van der Waals surface area contributed by atoms with Crippen molar-refractivity contribution in [1.82, 2.24) is 19.6 Å². The Morgan fingerprint density at radius 2 is 2.04 bits per heavy atom. The van der Waals surface area contributed by atoms with Crippen molar-refractivity contribution in [2.75, 3.05) is 31.2 Å². The molecule has 0 amide bonds. The number of aromatic hydroxyl groups is 1. The van der Waals surface area contributed by atoms with Crippen LogP contribution in [0, 0.1) is 0 Å². The summed E-state index contributed by atoms with van der Waals surface area (Å²) >= 11 is 0. The molecular weight excluding hydrogens is 306 g/mol. The first-order chi connectivity index (χ1) is 11.7. The molecule has 1 aliphatic rings. The quantitative estimate of drug-likeness (QED) is 0.792. The van der Waals surface area contributed by atoms with Gasteiger partial charge in [0.1, 0.15) is 5.75 Å². The van der Waals surface area contributed by atoms with Gasteiger partial charge in [-0.15, -0.1) is 0 Å². The second-order valence-corrected chi connectivity index (χ2v) is 5.75. The van der Waals surface area contributed by atoms with Gasteiger partial charge in [-0.3, -0.25) is 0 Å². The Morgan fingerprint density at radius 3 is 2.79 bits per heavy atom. The smallest absolute Gasteiger partial charge is 0.198 e. The molecule has 0 bridgehead atoms. The Morgan fingerprint density at radius 1 is 1.21 bits per heavy atom. The second kappa shape index (κ2) is 6.09. The summed E-state index contributed by atoms with van der Waals surface area (Å²) in [7, 11) is 0. The van der Waals surface area contributed by atoms with Gasteiger partial charge >= 0.3 is 0 Å². The van der Waals surface area contributed by atoms with Gasteiger partial charge in [-0.2, -0.15) is 5.10 Å². The van der Waals surface area contributed by atoms with E-state index in [2.05, 4.69) is 15.0 Å². The molecule has 3 heterocycles. The molecule has 1 fully saturated rings. The van der Waals surface area contributed by atoms with Crippen molar-refractivity contribution >= 4 is 11.5 Å². The number of morpholine rings is 1. The zero-order valence-corrected chi connectivity index (χ0v) is 13.5. The van der Waals surface area contributed by atoms with E-state index in [1.165, 1.54) is 0 Å². The van der Waals surface area contributed by atoms with Crippen LogP contribution in [0.15, 0.2) is 30.5 Å². The minimum atomic E-state index is 0.218. The van der Waals surface area contributed by atoms with Crippen molar-refractivity contribution in [1.29, 1.82) is 0 Å². The van der Waals surface area contributed by atoms with Crippen LogP contribution in [0.25, 0.3) is 16.9 Å². The molecule has 24 heavy (non-hydrogen) atoms. The fraction of sp³-hybridized carbons (Fsp3) is 0.353. The third-order valence-electron chi connectivity index (χ3n) is 4.11. The standard InChI is InChI=1S/C17H19N5O2/c1-2-15-19-17-16(21-6-8-24-9-7-21)18-14(11-22(17)20-15)12-4-3-5-13(23)10-12/h3-5,10-11,23H,2,6-9H2,1H3. The summed E-state index contributed by atoms with van der Waals surface area (Å²) in [6.07, 6.45) is 2.63. The Hall–Kier alpha value is -2.67. The van der Waals surface area contributed by atoms with Crippen LogP contribution < -0.4 is 4.90 Å². The molecule has 1 saturated heterocycles. The Balaban J connectivity index is 1.88. The molecule has 124 valence electrons. The lowest BCUT2D eigenvalue weighted by atomic mass is 10.1. The highest BCUT2D eigenvalue weighted by atomic mass is 16.5. The Labute approximate surface area is 139 Å². The third-order valence-corrected chi connectivity index (χ3v) is 4.11. The molecule has 0 atom stereocenters. The van der Waals surface area contributed by atoms with Crippen LogP contribution >= 0.6 is 0 Å². The van der Waals surface area contributed by atoms with E-state index >= 15 is 0 Å². The minimum absolute atomic E-state index is 0.218. The first kappa shape index (κ1) is 14.9. The SMILES string of the molecule is CCc1nc2c(N3CCOCC3)nc(-c3cccc(O)c3)cn2n1. The topological polar surface area (TPSA) is 75.8 Å². The average Bonchev–Trinajstić information content (AvgIpc) is 3.05. The van der Waals surface area contributed by atoms with Gasteiger partial charge in [0.15, 0.2) is 17.3 Å². The molecule has 0 radical (unpaired) electrons. The second-order valence-electron chi connectivity index (χ2n) is 5.75. The van der Waals surface area contributed by atoms with Gasteiger partial charge in [-0.25, -0.2) is 14.5 Å². The van der Waals surface area contributed by atoms with E-state index in [1.54, 1.807) is 16.6 Å². The number of anilines is 1. The molecule has 0 saturated carbocycles. The average molecular weight is 325 g/mol. The lowest BCUT2D eigenvalue weighted by Gasteiger charge is -2.28. The van der Waals surface area contributed by atoms with Crippen molar-refractivity contribution < 1.29 is 9.84 Å². The monoisotopic (exact) mass is 325 g/mol. The molecule has 7 heteroatoms. The van der Waals surface area contributed by atoms with Crippen molar-refractivity contribution in [3.63, 3.8) is 0 Å². The number of fused-ring (bicyclic) bond motifs is 1. The lowest BCUT2D eigenvalue weighted by Crippen LogP contribution is -2.37. The molecule has 3 aromatic rings. The molecule has 2 aromatic heterocycles. The van der Waals surface area contributed by atoms with Crippen LogP contribution in [0.1, 0.15) is 12.7 Å². The van der Waals surface area contributed by atoms with Crippen molar-refractivity contribution in [3.8, 4) is 17.0 Å². The number of phenols is 1. The zero-order valence-electron chi connectivity index (χ0n) is 13.5.